The Morgan fingerprint density at radius 2 is 1.96 bits per heavy atom. The van der Waals surface area contributed by atoms with Crippen molar-refractivity contribution in [3.8, 4) is 0 Å². The monoisotopic (exact) mass is 352 g/mol. The van der Waals surface area contributed by atoms with Crippen molar-refractivity contribution in [2.75, 3.05) is 45.6 Å². The number of thioether (sulfide) groups is 1. The molecule has 1 amide bonds. The second kappa shape index (κ2) is 8.41. The molecule has 0 aromatic carbocycles. The van der Waals surface area contributed by atoms with Crippen molar-refractivity contribution in [2.45, 2.75) is 31.6 Å². The summed E-state index contributed by atoms with van der Waals surface area (Å²) in [7, 11) is 0. The maximum atomic E-state index is 12.6. The number of rotatable bonds is 5. The van der Waals surface area contributed by atoms with Crippen molar-refractivity contribution < 1.29 is 13.9 Å². The summed E-state index contributed by atoms with van der Waals surface area (Å²) in [4.78, 5) is 17.1. The Labute approximate surface area is 148 Å². The van der Waals surface area contributed by atoms with E-state index in [0.29, 0.717) is 17.7 Å². The van der Waals surface area contributed by atoms with Gasteiger partial charge < -0.3 is 14.1 Å². The largest absolute Gasteiger partial charge is 0.455 e. The molecule has 0 spiro atoms. The van der Waals surface area contributed by atoms with Gasteiger partial charge in [0.2, 0.25) is 0 Å². The van der Waals surface area contributed by atoms with Crippen molar-refractivity contribution in [1.29, 1.82) is 0 Å². The quantitative estimate of drug-likeness (QED) is 0.815. The zero-order valence-electron chi connectivity index (χ0n) is 14.7. The van der Waals surface area contributed by atoms with Crippen LogP contribution in [-0.2, 0) is 10.5 Å². The van der Waals surface area contributed by atoms with Gasteiger partial charge in [0, 0.05) is 32.2 Å². The maximum absolute atomic E-state index is 12.6. The molecule has 0 aliphatic carbocycles. The summed E-state index contributed by atoms with van der Waals surface area (Å²) in [5.74, 6) is 2.88. The summed E-state index contributed by atoms with van der Waals surface area (Å²) in [6.07, 6.45) is 4.18. The van der Waals surface area contributed by atoms with E-state index in [0.717, 1.165) is 63.7 Å². The number of amides is 1. The van der Waals surface area contributed by atoms with E-state index in [-0.39, 0.29) is 5.91 Å². The van der Waals surface area contributed by atoms with Crippen LogP contribution in [0.2, 0.25) is 0 Å². The highest BCUT2D eigenvalue weighted by Crippen LogP contribution is 2.26. The zero-order chi connectivity index (χ0) is 16.9. The first-order valence-corrected chi connectivity index (χ1v) is 10.3. The van der Waals surface area contributed by atoms with Gasteiger partial charge in [-0.2, -0.15) is 11.8 Å². The summed E-state index contributed by atoms with van der Waals surface area (Å²) < 4.78 is 11.1. The van der Waals surface area contributed by atoms with Crippen LogP contribution in [0.15, 0.2) is 16.5 Å². The summed E-state index contributed by atoms with van der Waals surface area (Å²) in [5.41, 5.74) is 0. The van der Waals surface area contributed by atoms with Crippen LogP contribution in [0.5, 0.6) is 0 Å². The standard InChI is InChI=1S/C18H28N2O3S/c1-14(19-9-11-22-12-10-19)15-5-7-20(8-6-15)18(21)17-4-3-16(23-17)13-24-2/h3-4,14-15H,5-13H2,1-2H3. The molecule has 3 rings (SSSR count). The Morgan fingerprint density at radius 3 is 2.62 bits per heavy atom. The van der Waals surface area contributed by atoms with Gasteiger partial charge in [-0.1, -0.05) is 0 Å². The average molecular weight is 353 g/mol. The molecule has 6 heteroatoms. The van der Waals surface area contributed by atoms with Gasteiger partial charge in [-0.25, -0.2) is 0 Å². The van der Waals surface area contributed by atoms with Gasteiger partial charge >= 0.3 is 0 Å². The van der Waals surface area contributed by atoms with Gasteiger partial charge in [0.05, 0.1) is 19.0 Å². The number of carbonyl (C=O) groups is 1. The molecule has 1 aromatic heterocycles. The average Bonchev–Trinajstić information content (AvgIpc) is 3.10. The molecule has 2 aliphatic rings. The third-order valence-corrected chi connectivity index (χ3v) is 5.86. The number of hydrogen-bond donors (Lipinski definition) is 0. The molecule has 2 saturated heterocycles. The third kappa shape index (κ3) is 4.16. The molecule has 0 radical (unpaired) electrons. The fourth-order valence-corrected chi connectivity index (χ4v) is 4.18. The number of carbonyl (C=O) groups excluding carboxylic acids is 1. The fourth-order valence-electron chi connectivity index (χ4n) is 3.74. The van der Waals surface area contributed by atoms with Crippen molar-refractivity contribution in [2.24, 2.45) is 5.92 Å². The Hall–Kier alpha value is -0.980. The van der Waals surface area contributed by atoms with Gasteiger partial charge in [0.1, 0.15) is 5.76 Å². The smallest absolute Gasteiger partial charge is 0.289 e. The van der Waals surface area contributed by atoms with Crippen LogP contribution < -0.4 is 0 Å². The summed E-state index contributed by atoms with van der Waals surface area (Å²) in [5, 5.41) is 0. The van der Waals surface area contributed by atoms with Crippen LogP contribution in [0.25, 0.3) is 0 Å². The lowest BCUT2D eigenvalue weighted by atomic mass is 9.89. The van der Waals surface area contributed by atoms with E-state index < -0.39 is 0 Å². The molecule has 0 bridgehead atoms. The maximum Gasteiger partial charge on any atom is 0.289 e. The molecule has 24 heavy (non-hydrogen) atoms. The van der Waals surface area contributed by atoms with E-state index in [2.05, 4.69) is 11.8 Å². The van der Waals surface area contributed by atoms with Crippen LogP contribution >= 0.6 is 11.8 Å². The van der Waals surface area contributed by atoms with Crippen LogP contribution in [0, 0.1) is 5.92 Å². The minimum atomic E-state index is 0.0415. The second-order valence-corrected chi connectivity index (χ2v) is 7.58. The number of morpholine rings is 1. The Balaban J connectivity index is 1.51. The fraction of sp³-hybridized carbons (Fsp3) is 0.722. The van der Waals surface area contributed by atoms with E-state index in [4.69, 9.17) is 9.15 Å². The molecular formula is C18H28N2O3S. The highest BCUT2D eigenvalue weighted by Gasteiger charge is 2.31. The van der Waals surface area contributed by atoms with Gasteiger partial charge in [0.25, 0.3) is 5.91 Å². The van der Waals surface area contributed by atoms with Gasteiger partial charge in [-0.15, -0.1) is 0 Å². The topological polar surface area (TPSA) is 45.9 Å². The molecular weight excluding hydrogens is 324 g/mol. The summed E-state index contributed by atoms with van der Waals surface area (Å²) in [6.45, 7) is 7.75. The number of piperidine rings is 1. The van der Waals surface area contributed by atoms with Crippen LogP contribution in [0.1, 0.15) is 36.1 Å². The number of nitrogens with zero attached hydrogens (tertiary/aromatic N) is 2. The molecule has 0 saturated carbocycles. The van der Waals surface area contributed by atoms with Gasteiger partial charge in [-0.3, -0.25) is 9.69 Å². The van der Waals surface area contributed by atoms with Crippen molar-refractivity contribution in [3.05, 3.63) is 23.7 Å². The van der Waals surface area contributed by atoms with E-state index in [1.54, 1.807) is 11.8 Å². The number of likely N-dealkylation sites (tertiary alicyclic amines) is 1. The van der Waals surface area contributed by atoms with E-state index in [1.807, 2.05) is 23.3 Å². The van der Waals surface area contributed by atoms with Crippen molar-refractivity contribution in [1.82, 2.24) is 9.80 Å². The second-order valence-electron chi connectivity index (χ2n) is 6.72. The predicted octanol–water partition coefficient (Wildman–Crippen LogP) is 2.72. The minimum absolute atomic E-state index is 0.0415. The van der Waals surface area contributed by atoms with Crippen LogP contribution in [-0.4, -0.2) is 67.4 Å². The van der Waals surface area contributed by atoms with Crippen molar-refractivity contribution in [3.63, 3.8) is 0 Å². The van der Waals surface area contributed by atoms with Gasteiger partial charge in [-0.05, 0) is 44.1 Å². The first-order chi connectivity index (χ1) is 11.7. The molecule has 3 heterocycles. The van der Waals surface area contributed by atoms with Gasteiger partial charge in [0.15, 0.2) is 5.76 Å². The summed E-state index contributed by atoms with van der Waals surface area (Å²) >= 11 is 1.70. The molecule has 1 aromatic rings. The highest BCUT2D eigenvalue weighted by atomic mass is 32.2. The number of ether oxygens (including phenoxy) is 1. The van der Waals surface area contributed by atoms with Crippen LogP contribution in [0.3, 0.4) is 0 Å². The lowest BCUT2D eigenvalue weighted by Crippen LogP contribution is -2.49. The Kier molecular flexibility index (Phi) is 6.25. The lowest BCUT2D eigenvalue weighted by molar-refractivity contribution is -0.00114. The Bertz CT molecular complexity index is 534. The number of furan rings is 1. The molecule has 1 atom stereocenters. The Morgan fingerprint density at radius 1 is 1.25 bits per heavy atom. The predicted molar refractivity (Wildman–Crippen MR) is 96.4 cm³/mol. The molecule has 1 unspecified atom stereocenters. The minimum Gasteiger partial charge on any atom is -0.455 e. The molecule has 2 fully saturated rings. The first kappa shape index (κ1) is 17.8. The molecule has 5 nitrogen and oxygen atoms in total. The molecule has 2 aliphatic heterocycles. The lowest BCUT2D eigenvalue weighted by Gasteiger charge is -2.40. The van der Waals surface area contributed by atoms with E-state index >= 15 is 0 Å². The molecule has 0 N–H and O–H groups in total. The van der Waals surface area contributed by atoms with Crippen molar-refractivity contribution >= 4 is 17.7 Å². The van der Waals surface area contributed by atoms with Crippen LogP contribution in [0.4, 0.5) is 0 Å². The highest BCUT2D eigenvalue weighted by molar-refractivity contribution is 7.97. The van der Waals surface area contributed by atoms with E-state index in [1.165, 1.54) is 0 Å². The van der Waals surface area contributed by atoms with E-state index in [9.17, 15) is 4.79 Å². The third-order valence-electron chi connectivity index (χ3n) is 5.29. The SMILES string of the molecule is CSCc1ccc(C(=O)N2CCC(C(C)N3CCOCC3)CC2)o1. The zero-order valence-corrected chi connectivity index (χ0v) is 15.5. The number of hydrogen-bond acceptors (Lipinski definition) is 5. The normalized spacial score (nSPS) is 21.8. The first-order valence-electron chi connectivity index (χ1n) is 8.87. The molecule has 134 valence electrons. The summed E-state index contributed by atoms with van der Waals surface area (Å²) in [6, 6.07) is 4.30.